The molecule has 13 heavy (non-hydrogen) atoms. The minimum absolute atomic E-state index is 1.25. The second-order valence-electron chi connectivity index (χ2n) is 1.78. The molecule has 0 aromatic carbocycles. The average molecular weight is 239 g/mol. The van der Waals surface area contributed by atoms with E-state index in [2.05, 4.69) is 5.32 Å². The first kappa shape index (κ1) is 15.6. The average Bonchev–Trinajstić information content (AvgIpc) is 2.26. The lowest BCUT2D eigenvalue weighted by molar-refractivity contribution is 0.272. The SMILES string of the molecule is C1CN1.O=P(O)(O)O.O=P(O)(O)O. The zero-order valence-corrected chi connectivity index (χ0v) is 8.10. The van der Waals surface area contributed by atoms with Gasteiger partial charge in [-0.2, -0.15) is 0 Å². The van der Waals surface area contributed by atoms with Gasteiger partial charge in [-0.3, -0.25) is 0 Å². The fraction of sp³-hybridized carbons (Fsp3) is 1.00. The zero-order chi connectivity index (χ0) is 11.1. The Labute approximate surface area is 73.5 Å². The molecule has 0 aromatic heterocycles. The number of phosphoric acid groups is 2. The van der Waals surface area contributed by atoms with Crippen LogP contribution < -0.4 is 5.32 Å². The molecular weight excluding hydrogens is 228 g/mol. The molecule has 11 heteroatoms. The topological polar surface area (TPSA) is 177 Å². The lowest BCUT2D eigenvalue weighted by atomic mass is 11.0. The van der Waals surface area contributed by atoms with E-state index in [4.69, 9.17) is 38.5 Å². The summed E-state index contributed by atoms with van der Waals surface area (Å²) in [5, 5.41) is 3.00. The van der Waals surface area contributed by atoms with Crippen LogP contribution >= 0.6 is 15.6 Å². The van der Waals surface area contributed by atoms with E-state index in [1.807, 2.05) is 0 Å². The fourth-order valence-corrected chi connectivity index (χ4v) is 0. The highest BCUT2D eigenvalue weighted by Gasteiger charge is 2.00. The first-order valence-corrected chi connectivity index (χ1v) is 5.90. The van der Waals surface area contributed by atoms with Gasteiger partial charge in [0.1, 0.15) is 0 Å². The van der Waals surface area contributed by atoms with E-state index >= 15 is 0 Å². The lowest BCUT2D eigenvalue weighted by Gasteiger charge is -1.82. The molecule has 0 spiro atoms. The van der Waals surface area contributed by atoms with Crippen LogP contribution in [-0.4, -0.2) is 42.4 Å². The Morgan fingerprint density at radius 2 is 0.846 bits per heavy atom. The van der Waals surface area contributed by atoms with Crippen molar-refractivity contribution in [3.05, 3.63) is 0 Å². The van der Waals surface area contributed by atoms with E-state index in [0.717, 1.165) is 0 Å². The van der Waals surface area contributed by atoms with Crippen LogP contribution in [0.4, 0.5) is 0 Å². The minimum Gasteiger partial charge on any atom is -0.314 e. The highest BCUT2D eigenvalue weighted by molar-refractivity contribution is 7.45. The molecule has 0 aliphatic carbocycles. The maximum Gasteiger partial charge on any atom is 0.466 e. The Morgan fingerprint density at radius 3 is 0.846 bits per heavy atom. The van der Waals surface area contributed by atoms with E-state index < -0.39 is 15.6 Å². The third kappa shape index (κ3) is 907. The Morgan fingerprint density at radius 1 is 0.769 bits per heavy atom. The number of hydrogen-bond donors (Lipinski definition) is 7. The van der Waals surface area contributed by atoms with Gasteiger partial charge in [0.15, 0.2) is 0 Å². The van der Waals surface area contributed by atoms with Crippen molar-refractivity contribution < 1.29 is 38.5 Å². The van der Waals surface area contributed by atoms with Crippen molar-refractivity contribution in [3.63, 3.8) is 0 Å². The molecule has 0 bridgehead atoms. The summed E-state index contributed by atoms with van der Waals surface area (Å²) in [7, 11) is -9.28. The van der Waals surface area contributed by atoms with Gasteiger partial charge in [-0.05, 0) is 0 Å². The number of rotatable bonds is 0. The normalized spacial score (nSPS) is 14.6. The molecule has 1 saturated heterocycles. The van der Waals surface area contributed by atoms with Gasteiger partial charge in [0.2, 0.25) is 0 Å². The number of hydrogen-bond acceptors (Lipinski definition) is 3. The van der Waals surface area contributed by atoms with Gasteiger partial charge in [0, 0.05) is 13.1 Å². The van der Waals surface area contributed by atoms with Crippen LogP contribution in [0, 0.1) is 0 Å². The first-order valence-electron chi connectivity index (χ1n) is 2.77. The fourth-order valence-electron chi connectivity index (χ4n) is 0. The molecule has 0 unspecified atom stereocenters. The molecule has 1 aliphatic rings. The molecular formula is C2H11NO8P2. The predicted molar refractivity (Wildman–Crippen MR) is 41.4 cm³/mol. The monoisotopic (exact) mass is 239 g/mol. The third-order valence-corrected chi connectivity index (χ3v) is 0.250. The summed E-state index contributed by atoms with van der Waals surface area (Å²) in [5.74, 6) is 0. The Hall–Kier alpha value is 0.180. The second kappa shape index (κ2) is 6.61. The third-order valence-electron chi connectivity index (χ3n) is 0.250. The summed E-state index contributed by atoms with van der Waals surface area (Å²) in [6.07, 6.45) is 0. The summed E-state index contributed by atoms with van der Waals surface area (Å²) in [6.45, 7) is 2.50. The Balaban J connectivity index is 0. The molecule has 0 saturated carbocycles. The standard InChI is InChI=1S/C2H5N.2H3O4P/c1-2-3-1;2*1-5(2,3)4/h3H,1-2H2;2*(H3,1,2,3,4). The predicted octanol–water partition coefficient (Wildman–Crippen LogP) is -2.27. The molecule has 1 fully saturated rings. The maximum atomic E-state index is 8.88. The van der Waals surface area contributed by atoms with Crippen LogP contribution in [0.2, 0.25) is 0 Å². The molecule has 82 valence electrons. The van der Waals surface area contributed by atoms with Crippen LogP contribution in [0.5, 0.6) is 0 Å². The van der Waals surface area contributed by atoms with Crippen LogP contribution in [0.3, 0.4) is 0 Å². The molecule has 0 aromatic rings. The van der Waals surface area contributed by atoms with Crippen LogP contribution in [0.25, 0.3) is 0 Å². The van der Waals surface area contributed by atoms with Gasteiger partial charge in [-0.1, -0.05) is 0 Å². The van der Waals surface area contributed by atoms with E-state index in [-0.39, 0.29) is 0 Å². The van der Waals surface area contributed by atoms with Crippen molar-refractivity contribution in [2.75, 3.05) is 13.1 Å². The second-order valence-corrected chi connectivity index (χ2v) is 3.83. The molecule has 9 nitrogen and oxygen atoms in total. The summed E-state index contributed by atoms with van der Waals surface area (Å²) in [6, 6.07) is 0. The van der Waals surface area contributed by atoms with Crippen molar-refractivity contribution in [3.8, 4) is 0 Å². The summed E-state index contributed by atoms with van der Waals surface area (Å²) >= 11 is 0. The number of nitrogens with one attached hydrogen (secondary N) is 1. The molecule has 0 atom stereocenters. The van der Waals surface area contributed by atoms with Crippen molar-refractivity contribution in [1.82, 2.24) is 5.32 Å². The summed E-state index contributed by atoms with van der Waals surface area (Å²) < 4.78 is 17.8. The quantitative estimate of drug-likeness (QED) is 0.181. The smallest absolute Gasteiger partial charge is 0.314 e. The molecule has 0 amide bonds. The lowest BCUT2D eigenvalue weighted by Crippen LogP contribution is -1.66. The van der Waals surface area contributed by atoms with E-state index in [0.29, 0.717) is 0 Å². The van der Waals surface area contributed by atoms with Crippen LogP contribution in [0.1, 0.15) is 0 Å². The van der Waals surface area contributed by atoms with Gasteiger partial charge >= 0.3 is 15.6 Å². The largest absolute Gasteiger partial charge is 0.466 e. The summed E-state index contributed by atoms with van der Waals surface area (Å²) in [5.41, 5.74) is 0. The van der Waals surface area contributed by atoms with Gasteiger partial charge in [0.25, 0.3) is 0 Å². The van der Waals surface area contributed by atoms with Gasteiger partial charge in [-0.25, -0.2) is 9.13 Å². The van der Waals surface area contributed by atoms with Crippen molar-refractivity contribution >= 4 is 15.6 Å². The van der Waals surface area contributed by atoms with E-state index in [1.54, 1.807) is 0 Å². The zero-order valence-electron chi connectivity index (χ0n) is 6.31. The van der Waals surface area contributed by atoms with Gasteiger partial charge in [0.05, 0.1) is 0 Å². The Bertz CT molecular complexity index is 163. The molecule has 1 heterocycles. The molecule has 0 radical (unpaired) electrons. The highest BCUT2D eigenvalue weighted by Crippen LogP contribution is 2.26. The minimum atomic E-state index is -4.64. The summed E-state index contributed by atoms with van der Waals surface area (Å²) in [4.78, 5) is 43.1. The van der Waals surface area contributed by atoms with Crippen molar-refractivity contribution in [1.29, 1.82) is 0 Å². The van der Waals surface area contributed by atoms with E-state index in [1.165, 1.54) is 13.1 Å². The highest BCUT2D eigenvalue weighted by atomic mass is 31.2. The molecule has 1 rings (SSSR count). The van der Waals surface area contributed by atoms with Crippen LogP contribution in [-0.2, 0) is 9.13 Å². The molecule has 1 aliphatic heterocycles. The van der Waals surface area contributed by atoms with Gasteiger partial charge in [-0.15, -0.1) is 0 Å². The maximum absolute atomic E-state index is 8.88. The van der Waals surface area contributed by atoms with Gasteiger partial charge < -0.3 is 34.7 Å². The first-order chi connectivity index (χ1) is 5.50. The Kier molecular flexibility index (Phi) is 7.95. The molecule has 7 N–H and O–H groups in total. The van der Waals surface area contributed by atoms with Crippen molar-refractivity contribution in [2.45, 2.75) is 0 Å². The van der Waals surface area contributed by atoms with Crippen LogP contribution in [0.15, 0.2) is 0 Å². The van der Waals surface area contributed by atoms with E-state index in [9.17, 15) is 0 Å². The van der Waals surface area contributed by atoms with Crippen molar-refractivity contribution in [2.24, 2.45) is 0 Å².